The van der Waals surface area contributed by atoms with Crippen molar-refractivity contribution in [2.45, 2.75) is 64.0 Å². The third-order valence-electron chi connectivity index (χ3n) is 5.78. The number of carbonyl (C=O) groups excluding carboxylic acids is 2. The molecule has 2 aliphatic rings. The average Bonchev–Trinajstić information content (AvgIpc) is 2.70. The molecule has 0 saturated heterocycles. The summed E-state index contributed by atoms with van der Waals surface area (Å²) in [6.45, 7) is 3.90. The Morgan fingerprint density at radius 2 is 2.23 bits per heavy atom. The first-order valence-corrected chi connectivity index (χ1v) is 10.1. The topological polar surface area (TPSA) is 126 Å². The summed E-state index contributed by atoms with van der Waals surface area (Å²) in [4.78, 5) is 27.9. The summed E-state index contributed by atoms with van der Waals surface area (Å²) in [6, 6.07) is 3.68. The molecule has 9 heteroatoms. The van der Waals surface area contributed by atoms with E-state index in [2.05, 4.69) is 20.8 Å². The van der Waals surface area contributed by atoms with Gasteiger partial charge in [-0.3, -0.25) is 4.79 Å². The van der Waals surface area contributed by atoms with Crippen molar-refractivity contribution in [1.29, 1.82) is 5.26 Å². The Kier molecular flexibility index (Phi) is 6.55. The number of ether oxygens (including phenoxy) is 2. The van der Waals surface area contributed by atoms with Crippen molar-refractivity contribution in [3.05, 3.63) is 23.4 Å². The van der Waals surface area contributed by atoms with Crippen LogP contribution < -0.4 is 15.5 Å². The maximum Gasteiger partial charge on any atom is 0.428 e. The fourth-order valence-electron chi connectivity index (χ4n) is 4.32. The highest BCUT2D eigenvalue weighted by molar-refractivity contribution is 6.09. The highest BCUT2D eigenvalue weighted by atomic mass is 16.6. The number of rotatable bonds is 6. The van der Waals surface area contributed by atoms with E-state index in [0.717, 1.165) is 30.4 Å². The van der Waals surface area contributed by atoms with E-state index in [9.17, 15) is 9.59 Å². The molecule has 0 aromatic carbocycles. The van der Waals surface area contributed by atoms with Gasteiger partial charge in [0.15, 0.2) is 5.60 Å². The second-order valence-corrected chi connectivity index (χ2v) is 7.98. The fourth-order valence-corrected chi connectivity index (χ4v) is 4.32. The summed E-state index contributed by atoms with van der Waals surface area (Å²) >= 11 is 0. The lowest BCUT2D eigenvalue weighted by Gasteiger charge is -2.42. The van der Waals surface area contributed by atoms with E-state index in [0.29, 0.717) is 30.4 Å². The lowest BCUT2D eigenvalue weighted by molar-refractivity contribution is -0.120. The molecule has 0 bridgehead atoms. The van der Waals surface area contributed by atoms with Crippen LogP contribution in [-0.2, 0) is 9.53 Å². The molecule has 2 heterocycles. The van der Waals surface area contributed by atoms with Crippen molar-refractivity contribution in [2.24, 2.45) is 11.0 Å². The predicted octanol–water partition coefficient (Wildman–Crippen LogP) is 2.58. The molecule has 9 nitrogen and oxygen atoms in total. The van der Waals surface area contributed by atoms with Gasteiger partial charge in [0.2, 0.25) is 11.8 Å². The molecule has 160 valence electrons. The number of amides is 2. The SMILES string of the molecule is COc1cc(C)c(C2=NNC(=O)OC23CCC(C[C@H](C)NC(=O)CC#N)CC3)cn1. The van der Waals surface area contributed by atoms with E-state index in [1.165, 1.54) is 0 Å². The molecule has 3 rings (SSSR count). The maximum atomic E-state index is 12.0. The molecule has 2 N–H and O–H groups in total. The van der Waals surface area contributed by atoms with Crippen molar-refractivity contribution in [2.75, 3.05) is 7.11 Å². The summed E-state index contributed by atoms with van der Waals surface area (Å²) < 4.78 is 11.0. The molecule has 2 amide bonds. The Morgan fingerprint density at radius 3 is 2.87 bits per heavy atom. The summed E-state index contributed by atoms with van der Waals surface area (Å²) in [7, 11) is 1.56. The van der Waals surface area contributed by atoms with Gasteiger partial charge in [-0.15, -0.1) is 0 Å². The van der Waals surface area contributed by atoms with Crippen molar-refractivity contribution in [3.8, 4) is 11.9 Å². The standard InChI is InChI=1S/C21H27N5O4/c1-13-10-18(29-3)23-12-16(13)19-21(30-20(28)26-25-19)7-4-15(5-8-21)11-14(2)24-17(27)6-9-22/h10,12,14-15H,4-8,11H2,1-3H3,(H,24,27)(H,26,28)/t14-,15?,21?/m0/s1. The molecule has 1 atom stereocenters. The Balaban J connectivity index is 1.71. The molecular formula is C21H27N5O4. The molecule has 1 aliphatic heterocycles. The fraction of sp³-hybridized carbons (Fsp3) is 0.571. The highest BCUT2D eigenvalue weighted by Crippen LogP contribution is 2.41. The van der Waals surface area contributed by atoms with Gasteiger partial charge in [0, 0.05) is 23.9 Å². The number of nitriles is 1. The number of methoxy groups -OCH3 is 1. The van der Waals surface area contributed by atoms with Crippen LogP contribution in [0.15, 0.2) is 17.4 Å². The molecule has 1 aliphatic carbocycles. The first-order valence-electron chi connectivity index (χ1n) is 10.1. The molecule has 1 fully saturated rings. The van der Waals surface area contributed by atoms with Gasteiger partial charge in [-0.2, -0.15) is 10.4 Å². The summed E-state index contributed by atoms with van der Waals surface area (Å²) in [5.74, 6) is 0.655. The molecule has 1 saturated carbocycles. The van der Waals surface area contributed by atoms with Gasteiger partial charge >= 0.3 is 6.09 Å². The Morgan fingerprint density at radius 1 is 1.50 bits per heavy atom. The zero-order valence-electron chi connectivity index (χ0n) is 17.5. The van der Waals surface area contributed by atoms with E-state index >= 15 is 0 Å². The number of aromatic nitrogens is 1. The monoisotopic (exact) mass is 413 g/mol. The van der Waals surface area contributed by atoms with Crippen LogP contribution in [0.25, 0.3) is 0 Å². The van der Waals surface area contributed by atoms with Crippen LogP contribution in [0.3, 0.4) is 0 Å². The molecule has 0 unspecified atom stereocenters. The highest BCUT2D eigenvalue weighted by Gasteiger charge is 2.46. The zero-order valence-corrected chi connectivity index (χ0v) is 17.5. The number of hydrazone groups is 1. The normalized spacial score (nSPS) is 24.1. The number of nitrogens with zero attached hydrogens (tertiary/aromatic N) is 3. The number of hydrogen-bond acceptors (Lipinski definition) is 7. The van der Waals surface area contributed by atoms with Crippen molar-refractivity contribution < 1.29 is 19.1 Å². The number of aryl methyl sites for hydroxylation is 1. The first-order chi connectivity index (χ1) is 14.4. The molecule has 1 aromatic heterocycles. The second kappa shape index (κ2) is 9.11. The van der Waals surface area contributed by atoms with E-state index in [1.807, 2.05) is 26.0 Å². The quantitative estimate of drug-likeness (QED) is 0.738. The van der Waals surface area contributed by atoms with E-state index in [-0.39, 0.29) is 18.4 Å². The van der Waals surface area contributed by atoms with Crippen LogP contribution in [-0.4, -0.2) is 41.4 Å². The van der Waals surface area contributed by atoms with Gasteiger partial charge < -0.3 is 14.8 Å². The van der Waals surface area contributed by atoms with Crippen molar-refractivity contribution in [3.63, 3.8) is 0 Å². The Labute approximate surface area is 175 Å². The third-order valence-corrected chi connectivity index (χ3v) is 5.78. The molecule has 1 aromatic rings. The molecular weight excluding hydrogens is 386 g/mol. The predicted molar refractivity (Wildman–Crippen MR) is 109 cm³/mol. The van der Waals surface area contributed by atoms with Crippen LogP contribution in [0.4, 0.5) is 4.79 Å². The minimum atomic E-state index is -0.785. The lowest BCUT2D eigenvalue weighted by Crippen LogP contribution is -2.52. The Bertz CT molecular complexity index is 884. The third kappa shape index (κ3) is 4.70. The summed E-state index contributed by atoms with van der Waals surface area (Å²) in [5.41, 5.74) is 4.09. The van der Waals surface area contributed by atoms with E-state index < -0.39 is 11.7 Å². The van der Waals surface area contributed by atoms with E-state index in [4.69, 9.17) is 14.7 Å². The summed E-state index contributed by atoms with van der Waals surface area (Å²) in [6.07, 6.45) is 4.82. The van der Waals surface area contributed by atoms with Crippen LogP contribution in [0.1, 0.15) is 56.6 Å². The van der Waals surface area contributed by atoms with Crippen LogP contribution in [0.5, 0.6) is 5.88 Å². The van der Waals surface area contributed by atoms with Gasteiger partial charge in [-0.1, -0.05) is 0 Å². The molecule has 30 heavy (non-hydrogen) atoms. The molecule has 0 radical (unpaired) electrons. The van der Waals surface area contributed by atoms with Crippen LogP contribution in [0, 0.1) is 24.2 Å². The van der Waals surface area contributed by atoms with Crippen LogP contribution >= 0.6 is 0 Å². The van der Waals surface area contributed by atoms with Gasteiger partial charge in [-0.25, -0.2) is 15.2 Å². The maximum absolute atomic E-state index is 12.0. The minimum absolute atomic E-state index is 0.0124. The average molecular weight is 413 g/mol. The van der Waals surface area contributed by atoms with Gasteiger partial charge in [-0.05, 0) is 57.4 Å². The first kappa shape index (κ1) is 21.6. The number of hydrogen-bond donors (Lipinski definition) is 2. The second-order valence-electron chi connectivity index (χ2n) is 7.98. The number of carbonyl (C=O) groups is 2. The number of pyridine rings is 1. The van der Waals surface area contributed by atoms with Gasteiger partial charge in [0.1, 0.15) is 12.1 Å². The Hall–Kier alpha value is -3.15. The largest absolute Gasteiger partial charge is 0.481 e. The van der Waals surface area contributed by atoms with Gasteiger partial charge in [0.05, 0.1) is 13.2 Å². The van der Waals surface area contributed by atoms with Crippen LogP contribution in [0.2, 0.25) is 0 Å². The molecule has 1 spiro atoms. The van der Waals surface area contributed by atoms with Crippen molar-refractivity contribution in [1.82, 2.24) is 15.7 Å². The van der Waals surface area contributed by atoms with Crippen molar-refractivity contribution >= 4 is 17.7 Å². The number of nitrogens with one attached hydrogen (secondary N) is 2. The lowest BCUT2D eigenvalue weighted by atomic mass is 9.72. The zero-order chi connectivity index (χ0) is 21.7. The smallest absolute Gasteiger partial charge is 0.428 e. The van der Waals surface area contributed by atoms with E-state index in [1.54, 1.807) is 13.3 Å². The van der Waals surface area contributed by atoms with Gasteiger partial charge in [0.25, 0.3) is 0 Å². The minimum Gasteiger partial charge on any atom is -0.481 e. The summed E-state index contributed by atoms with van der Waals surface area (Å²) in [5, 5.41) is 15.8.